The van der Waals surface area contributed by atoms with Crippen LogP contribution < -0.4 is 5.32 Å². The van der Waals surface area contributed by atoms with Gasteiger partial charge in [0.15, 0.2) is 0 Å². The lowest BCUT2D eigenvalue weighted by Gasteiger charge is -2.39. The average molecular weight is 316 g/mol. The summed E-state index contributed by atoms with van der Waals surface area (Å²) in [7, 11) is 0. The van der Waals surface area contributed by atoms with E-state index in [2.05, 4.69) is 15.2 Å². The Hall–Kier alpha value is -1.36. The Bertz CT molecular complexity index is 561. The van der Waals surface area contributed by atoms with Gasteiger partial charge in [-0.1, -0.05) is 19.3 Å². The third-order valence-electron chi connectivity index (χ3n) is 5.83. The Kier molecular flexibility index (Phi) is 4.38. The molecular weight excluding hydrogens is 288 g/mol. The van der Waals surface area contributed by atoms with Crippen molar-refractivity contribution >= 4 is 5.91 Å². The van der Waals surface area contributed by atoms with Gasteiger partial charge in [-0.15, -0.1) is 0 Å². The fourth-order valence-electron chi connectivity index (χ4n) is 4.55. The summed E-state index contributed by atoms with van der Waals surface area (Å²) in [4.78, 5) is 23.0. The molecule has 1 atom stereocenters. The van der Waals surface area contributed by atoms with Crippen LogP contribution in [0.3, 0.4) is 0 Å². The van der Waals surface area contributed by atoms with E-state index < -0.39 is 0 Å². The maximum Gasteiger partial charge on any atom is 0.271 e. The topological polar surface area (TPSA) is 61.0 Å². The van der Waals surface area contributed by atoms with Crippen LogP contribution in [0.2, 0.25) is 0 Å². The molecule has 126 valence electrons. The number of H-pyrrole nitrogens is 1. The molecule has 0 spiro atoms. The number of rotatable bonds is 2. The number of nitrogens with one attached hydrogen (secondary N) is 2. The minimum absolute atomic E-state index is 0.0000499. The van der Waals surface area contributed by atoms with E-state index in [1.165, 1.54) is 51.5 Å². The zero-order valence-electron chi connectivity index (χ0n) is 13.9. The molecular formula is C18H28N4O. The second kappa shape index (κ2) is 6.63. The number of aromatic amines is 1. The van der Waals surface area contributed by atoms with Crippen LogP contribution in [-0.4, -0.2) is 46.5 Å². The van der Waals surface area contributed by atoms with E-state index in [1.54, 1.807) is 0 Å². The maximum atomic E-state index is 12.1. The Morgan fingerprint density at radius 3 is 2.78 bits per heavy atom. The Balaban J connectivity index is 1.49. The number of carbonyl (C=O) groups excluding carboxylic acids is 1. The largest absolute Gasteiger partial charge is 0.351 e. The van der Waals surface area contributed by atoms with Crippen LogP contribution in [0.15, 0.2) is 0 Å². The van der Waals surface area contributed by atoms with E-state index in [0.29, 0.717) is 11.6 Å². The number of carbonyl (C=O) groups is 1. The van der Waals surface area contributed by atoms with Gasteiger partial charge in [0.05, 0.1) is 0 Å². The number of nitrogens with zero attached hydrogens (tertiary/aromatic N) is 2. The first kappa shape index (κ1) is 15.2. The number of hydrogen-bond acceptors (Lipinski definition) is 3. The van der Waals surface area contributed by atoms with Crippen molar-refractivity contribution in [2.45, 2.75) is 69.7 Å². The molecule has 2 aliphatic heterocycles. The van der Waals surface area contributed by atoms with Gasteiger partial charge in [-0.25, -0.2) is 4.98 Å². The van der Waals surface area contributed by atoms with Gasteiger partial charge in [0.2, 0.25) is 0 Å². The third-order valence-corrected chi connectivity index (χ3v) is 5.83. The molecule has 1 aromatic rings. The van der Waals surface area contributed by atoms with Crippen LogP contribution in [0.25, 0.3) is 0 Å². The molecule has 5 heteroatoms. The number of likely N-dealkylation sites (tertiary alicyclic amines) is 1. The van der Waals surface area contributed by atoms with Crippen molar-refractivity contribution in [3.05, 3.63) is 17.2 Å². The zero-order chi connectivity index (χ0) is 15.6. The highest BCUT2D eigenvalue weighted by Crippen LogP contribution is 2.31. The number of aromatic nitrogens is 2. The van der Waals surface area contributed by atoms with Crippen LogP contribution in [0.5, 0.6) is 0 Å². The average Bonchev–Trinajstić information content (AvgIpc) is 2.96. The Morgan fingerprint density at radius 2 is 1.91 bits per heavy atom. The SMILES string of the molecule is O=C1NCCCc2[nH]c([C@@H]3CCCN(C4CCCCC4)C3)nc21. The van der Waals surface area contributed by atoms with E-state index in [1.807, 2.05) is 0 Å². The van der Waals surface area contributed by atoms with Gasteiger partial charge in [-0.05, 0) is 45.1 Å². The highest BCUT2D eigenvalue weighted by Gasteiger charge is 2.30. The van der Waals surface area contributed by atoms with Gasteiger partial charge in [0, 0.05) is 30.7 Å². The van der Waals surface area contributed by atoms with E-state index in [9.17, 15) is 4.79 Å². The van der Waals surface area contributed by atoms with Gasteiger partial charge >= 0.3 is 0 Å². The van der Waals surface area contributed by atoms with Crippen molar-refractivity contribution in [1.82, 2.24) is 20.2 Å². The Labute approximate surface area is 138 Å². The fraction of sp³-hybridized carbons (Fsp3) is 0.778. The molecule has 2 fully saturated rings. The lowest BCUT2D eigenvalue weighted by molar-refractivity contribution is 0.0950. The highest BCUT2D eigenvalue weighted by atomic mass is 16.1. The summed E-state index contributed by atoms with van der Waals surface area (Å²) < 4.78 is 0. The molecule has 1 amide bonds. The molecule has 0 unspecified atom stereocenters. The number of hydrogen-bond donors (Lipinski definition) is 2. The number of aryl methyl sites for hydroxylation is 1. The molecule has 1 saturated carbocycles. The fourth-order valence-corrected chi connectivity index (χ4v) is 4.55. The minimum Gasteiger partial charge on any atom is -0.351 e. The van der Waals surface area contributed by atoms with Crippen molar-refractivity contribution in [1.29, 1.82) is 0 Å². The quantitative estimate of drug-likeness (QED) is 0.881. The predicted molar refractivity (Wildman–Crippen MR) is 89.7 cm³/mol. The van der Waals surface area contributed by atoms with Gasteiger partial charge in [-0.2, -0.15) is 0 Å². The van der Waals surface area contributed by atoms with Crippen molar-refractivity contribution in [2.75, 3.05) is 19.6 Å². The molecule has 0 aromatic carbocycles. The van der Waals surface area contributed by atoms with Crippen molar-refractivity contribution in [3.8, 4) is 0 Å². The van der Waals surface area contributed by atoms with Crippen molar-refractivity contribution < 1.29 is 4.79 Å². The van der Waals surface area contributed by atoms with Crippen LogP contribution >= 0.6 is 0 Å². The molecule has 3 aliphatic rings. The van der Waals surface area contributed by atoms with E-state index in [-0.39, 0.29) is 5.91 Å². The van der Waals surface area contributed by atoms with Gasteiger partial charge in [0.25, 0.3) is 5.91 Å². The van der Waals surface area contributed by atoms with Crippen LogP contribution in [-0.2, 0) is 6.42 Å². The lowest BCUT2D eigenvalue weighted by atomic mass is 9.90. The first-order valence-corrected chi connectivity index (χ1v) is 9.42. The van der Waals surface area contributed by atoms with E-state index in [0.717, 1.165) is 43.5 Å². The summed E-state index contributed by atoms with van der Waals surface area (Å²) in [5, 5.41) is 2.95. The molecule has 23 heavy (non-hydrogen) atoms. The van der Waals surface area contributed by atoms with Gasteiger partial charge < -0.3 is 10.3 Å². The number of amides is 1. The third kappa shape index (κ3) is 3.16. The van der Waals surface area contributed by atoms with Crippen LogP contribution in [0.1, 0.15) is 79.3 Å². The minimum atomic E-state index is -0.0000499. The summed E-state index contributed by atoms with van der Waals surface area (Å²) in [6.45, 7) is 3.11. The molecule has 0 radical (unpaired) electrons. The monoisotopic (exact) mass is 316 g/mol. The molecule has 0 bridgehead atoms. The first-order chi connectivity index (χ1) is 11.3. The number of imidazole rings is 1. The van der Waals surface area contributed by atoms with Gasteiger partial charge in [-0.3, -0.25) is 9.69 Å². The maximum absolute atomic E-state index is 12.1. The van der Waals surface area contributed by atoms with Crippen molar-refractivity contribution in [3.63, 3.8) is 0 Å². The second-order valence-corrected chi connectivity index (χ2v) is 7.43. The summed E-state index contributed by atoms with van der Waals surface area (Å²) in [5.74, 6) is 1.51. The second-order valence-electron chi connectivity index (χ2n) is 7.43. The summed E-state index contributed by atoms with van der Waals surface area (Å²) in [6.07, 6.45) is 11.3. The van der Waals surface area contributed by atoms with E-state index in [4.69, 9.17) is 4.98 Å². The number of fused-ring (bicyclic) bond motifs is 1. The zero-order valence-corrected chi connectivity index (χ0v) is 13.9. The van der Waals surface area contributed by atoms with Crippen molar-refractivity contribution in [2.24, 2.45) is 0 Å². The van der Waals surface area contributed by atoms with E-state index >= 15 is 0 Å². The van der Waals surface area contributed by atoms with Crippen LogP contribution in [0.4, 0.5) is 0 Å². The molecule has 3 heterocycles. The predicted octanol–water partition coefficient (Wildman–Crippen LogP) is 2.60. The summed E-state index contributed by atoms with van der Waals surface area (Å²) >= 11 is 0. The first-order valence-electron chi connectivity index (χ1n) is 9.42. The molecule has 5 nitrogen and oxygen atoms in total. The molecule has 2 N–H and O–H groups in total. The highest BCUT2D eigenvalue weighted by molar-refractivity contribution is 5.93. The summed E-state index contributed by atoms with van der Waals surface area (Å²) in [6, 6.07) is 0.780. The Morgan fingerprint density at radius 1 is 1.04 bits per heavy atom. The number of piperidine rings is 1. The van der Waals surface area contributed by atoms with Crippen LogP contribution in [0, 0.1) is 0 Å². The molecule has 1 aliphatic carbocycles. The standard InChI is InChI=1S/C18H28N4O/c23-18-16-15(9-4-10-19-18)20-17(21-16)13-6-5-11-22(12-13)14-7-2-1-3-8-14/h13-14H,1-12H2,(H,19,23)(H,20,21)/t13-/m1/s1. The lowest BCUT2D eigenvalue weighted by Crippen LogP contribution is -2.43. The molecule has 4 rings (SSSR count). The normalized spacial score (nSPS) is 27.3. The van der Waals surface area contributed by atoms with Gasteiger partial charge in [0.1, 0.15) is 11.5 Å². The molecule has 1 aromatic heterocycles. The smallest absolute Gasteiger partial charge is 0.271 e. The summed E-state index contributed by atoms with van der Waals surface area (Å²) in [5.41, 5.74) is 1.69. The molecule has 1 saturated heterocycles.